The first-order valence-electron chi connectivity index (χ1n) is 6.72. The number of nitrogens with one attached hydrogen (secondary N) is 1. The van der Waals surface area contributed by atoms with Crippen molar-refractivity contribution in [2.24, 2.45) is 5.41 Å². The van der Waals surface area contributed by atoms with Crippen LogP contribution in [0.1, 0.15) is 36.8 Å². The van der Waals surface area contributed by atoms with Gasteiger partial charge in [0.1, 0.15) is 5.82 Å². The Bertz CT molecular complexity index is 399. The van der Waals surface area contributed by atoms with Crippen LogP contribution in [0.25, 0.3) is 0 Å². The van der Waals surface area contributed by atoms with Crippen LogP contribution in [0.2, 0.25) is 0 Å². The predicted octanol–water partition coefficient (Wildman–Crippen LogP) is 2.78. The zero-order valence-corrected chi connectivity index (χ0v) is 11.0. The zero-order valence-electron chi connectivity index (χ0n) is 11.0. The number of hydrogen-bond acceptors (Lipinski definition) is 2. The van der Waals surface area contributed by atoms with Crippen molar-refractivity contribution in [1.29, 1.82) is 0 Å². The molecule has 0 bridgehead atoms. The van der Waals surface area contributed by atoms with Gasteiger partial charge in [-0.15, -0.1) is 0 Å². The van der Waals surface area contributed by atoms with Crippen LogP contribution in [-0.2, 0) is 6.54 Å². The molecule has 0 heterocycles. The van der Waals surface area contributed by atoms with Crippen LogP contribution >= 0.6 is 0 Å². The fourth-order valence-electron chi connectivity index (χ4n) is 2.82. The molecule has 0 aromatic heterocycles. The molecule has 1 aromatic carbocycles. The van der Waals surface area contributed by atoms with Crippen molar-refractivity contribution in [2.75, 3.05) is 13.2 Å². The second kappa shape index (κ2) is 5.81. The van der Waals surface area contributed by atoms with Crippen LogP contribution in [0, 0.1) is 18.2 Å². The fraction of sp³-hybridized carbons (Fsp3) is 0.600. The third kappa shape index (κ3) is 3.09. The van der Waals surface area contributed by atoms with Gasteiger partial charge < -0.3 is 10.4 Å². The van der Waals surface area contributed by atoms with Crippen LogP contribution in [0.4, 0.5) is 4.39 Å². The summed E-state index contributed by atoms with van der Waals surface area (Å²) in [7, 11) is 0. The summed E-state index contributed by atoms with van der Waals surface area (Å²) in [4.78, 5) is 0. The maximum absolute atomic E-state index is 13.6. The minimum absolute atomic E-state index is 0.0281. The lowest BCUT2D eigenvalue weighted by Crippen LogP contribution is -2.35. The quantitative estimate of drug-likeness (QED) is 0.843. The fourth-order valence-corrected chi connectivity index (χ4v) is 2.82. The van der Waals surface area contributed by atoms with Gasteiger partial charge in [0.2, 0.25) is 0 Å². The number of aliphatic hydroxyl groups excluding tert-OH is 1. The zero-order chi connectivity index (χ0) is 13.0. The SMILES string of the molecule is Cc1ccc(F)c(CNCC2(CO)CCCC2)c1. The van der Waals surface area contributed by atoms with E-state index in [4.69, 9.17) is 0 Å². The Labute approximate surface area is 108 Å². The number of aliphatic hydroxyl groups is 1. The van der Waals surface area contributed by atoms with E-state index in [1.54, 1.807) is 6.07 Å². The number of benzene rings is 1. The van der Waals surface area contributed by atoms with Crippen LogP contribution in [0.15, 0.2) is 18.2 Å². The Hall–Kier alpha value is -0.930. The normalized spacial score (nSPS) is 18.2. The largest absolute Gasteiger partial charge is 0.396 e. The lowest BCUT2D eigenvalue weighted by atomic mass is 9.87. The Morgan fingerprint density at radius 3 is 2.72 bits per heavy atom. The maximum atomic E-state index is 13.6. The van der Waals surface area contributed by atoms with Crippen molar-refractivity contribution in [1.82, 2.24) is 5.32 Å². The molecule has 0 atom stereocenters. The topological polar surface area (TPSA) is 32.3 Å². The summed E-state index contributed by atoms with van der Waals surface area (Å²) in [5.41, 5.74) is 1.81. The average molecular weight is 251 g/mol. The highest BCUT2D eigenvalue weighted by molar-refractivity contribution is 5.23. The van der Waals surface area contributed by atoms with Gasteiger partial charge in [-0.2, -0.15) is 0 Å². The lowest BCUT2D eigenvalue weighted by molar-refractivity contribution is 0.128. The van der Waals surface area contributed by atoms with E-state index in [-0.39, 0.29) is 17.8 Å². The Balaban J connectivity index is 1.89. The van der Waals surface area contributed by atoms with Gasteiger partial charge in [-0.05, 0) is 25.8 Å². The summed E-state index contributed by atoms with van der Waals surface area (Å²) >= 11 is 0. The van der Waals surface area contributed by atoms with Crippen molar-refractivity contribution in [3.8, 4) is 0 Å². The molecule has 0 saturated heterocycles. The molecule has 2 N–H and O–H groups in total. The van der Waals surface area contributed by atoms with E-state index in [2.05, 4.69) is 5.32 Å². The molecule has 0 spiro atoms. The van der Waals surface area contributed by atoms with Crippen LogP contribution in [0.3, 0.4) is 0 Å². The number of hydrogen-bond donors (Lipinski definition) is 2. The highest BCUT2D eigenvalue weighted by Gasteiger charge is 2.32. The molecular weight excluding hydrogens is 229 g/mol. The molecule has 1 aliphatic carbocycles. The Morgan fingerprint density at radius 1 is 1.33 bits per heavy atom. The van der Waals surface area contributed by atoms with Crippen molar-refractivity contribution >= 4 is 0 Å². The average Bonchev–Trinajstić information content (AvgIpc) is 2.83. The number of rotatable bonds is 5. The van der Waals surface area contributed by atoms with Gasteiger partial charge >= 0.3 is 0 Å². The summed E-state index contributed by atoms with van der Waals surface area (Å²) in [5, 5.41) is 12.8. The number of halogens is 1. The van der Waals surface area contributed by atoms with Gasteiger partial charge in [-0.3, -0.25) is 0 Å². The molecule has 1 fully saturated rings. The molecular formula is C15H22FNO. The summed E-state index contributed by atoms with van der Waals surface area (Å²) < 4.78 is 13.6. The first-order valence-corrected chi connectivity index (χ1v) is 6.72. The molecule has 0 amide bonds. The van der Waals surface area contributed by atoms with Gasteiger partial charge in [0, 0.05) is 30.7 Å². The van der Waals surface area contributed by atoms with E-state index >= 15 is 0 Å². The first kappa shape index (κ1) is 13.5. The van der Waals surface area contributed by atoms with Gasteiger partial charge in [0.25, 0.3) is 0 Å². The Morgan fingerprint density at radius 2 is 2.06 bits per heavy atom. The predicted molar refractivity (Wildman–Crippen MR) is 70.8 cm³/mol. The van der Waals surface area contributed by atoms with Crippen molar-refractivity contribution in [3.63, 3.8) is 0 Å². The first-order chi connectivity index (χ1) is 8.65. The molecule has 0 radical (unpaired) electrons. The third-order valence-corrected chi connectivity index (χ3v) is 4.02. The van der Waals surface area contributed by atoms with E-state index in [9.17, 15) is 9.50 Å². The molecule has 2 rings (SSSR count). The molecule has 1 aromatic rings. The van der Waals surface area contributed by atoms with Gasteiger partial charge in [-0.1, -0.05) is 30.5 Å². The summed E-state index contributed by atoms with van der Waals surface area (Å²) in [6.07, 6.45) is 4.54. The summed E-state index contributed by atoms with van der Waals surface area (Å²) in [6, 6.07) is 5.18. The molecule has 18 heavy (non-hydrogen) atoms. The summed E-state index contributed by atoms with van der Waals surface area (Å²) in [6.45, 7) is 3.51. The van der Waals surface area contributed by atoms with E-state index in [1.165, 1.54) is 18.9 Å². The van der Waals surface area contributed by atoms with E-state index in [0.717, 1.165) is 24.9 Å². The lowest BCUT2D eigenvalue weighted by Gasteiger charge is -2.26. The van der Waals surface area contributed by atoms with Crippen LogP contribution < -0.4 is 5.32 Å². The van der Waals surface area contributed by atoms with E-state index in [0.29, 0.717) is 12.1 Å². The van der Waals surface area contributed by atoms with Crippen molar-refractivity contribution in [2.45, 2.75) is 39.2 Å². The van der Waals surface area contributed by atoms with Crippen LogP contribution in [0.5, 0.6) is 0 Å². The summed E-state index contributed by atoms with van der Waals surface area (Å²) in [5.74, 6) is -0.155. The molecule has 3 heteroatoms. The molecule has 0 unspecified atom stereocenters. The van der Waals surface area contributed by atoms with E-state index < -0.39 is 0 Å². The smallest absolute Gasteiger partial charge is 0.127 e. The van der Waals surface area contributed by atoms with Crippen molar-refractivity contribution < 1.29 is 9.50 Å². The molecule has 0 aliphatic heterocycles. The van der Waals surface area contributed by atoms with Gasteiger partial charge in [-0.25, -0.2) is 4.39 Å². The molecule has 1 aliphatic rings. The highest BCUT2D eigenvalue weighted by atomic mass is 19.1. The minimum atomic E-state index is -0.155. The minimum Gasteiger partial charge on any atom is -0.396 e. The second-order valence-electron chi connectivity index (χ2n) is 5.56. The standard InChI is InChI=1S/C15H22FNO/c1-12-4-5-14(16)13(8-12)9-17-10-15(11-18)6-2-3-7-15/h4-5,8,17-18H,2-3,6-7,9-11H2,1H3. The number of aryl methyl sites for hydroxylation is 1. The van der Waals surface area contributed by atoms with Gasteiger partial charge in [0.15, 0.2) is 0 Å². The van der Waals surface area contributed by atoms with E-state index in [1.807, 2.05) is 13.0 Å². The molecule has 100 valence electrons. The van der Waals surface area contributed by atoms with Gasteiger partial charge in [0.05, 0.1) is 0 Å². The monoisotopic (exact) mass is 251 g/mol. The third-order valence-electron chi connectivity index (χ3n) is 4.02. The maximum Gasteiger partial charge on any atom is 0.127 e. The molecule has 1 saturated carbocycles. The molecule has 2 nitrogen and oxygen atoms in total. The van der Waals surface area contributed by atoms with Crippen LogP contribution in [-0.4, -0.2) is 18.3 Å². The highest BCUT2D eigenvalue weighted by Crippen LogP contribution is 2.36. The second-order valence-corrected chi connectivity index (χ2v) is 5.56. The van der Waals surface area contributed by atoms with Crippen molar-refractivity contribution in [3.05, 3.63) is 35.1 Å². The Kier molecular flexibility index (Phi) is 4.36.